The molecule has 0 bridgehead atoms. The van der Waals surface area contributed by atoms with Gasteiger partial charge in [0.2, 0.25) is 0 Å². The van der Waals surface area contributed by atoms with Gasteiger partial charge in [-0.3, -0.25) is 9.59 Å². The van der Waals surface area contributed by atoms with Crippen LogP contribution in [0.25, 0.3) is 0 Å². The maximum atomic E-state index is 12.5. The predicted octanol–water partition coefficient (Wildman–Crippen LogP) is 3.18. The van der Waals surface area contributed by atoms with Crippen LogP contribution in [0.5, 0.6) is 0 Å². The van der Waals surface area contributed by atoms with E-state index in [0.717, 1.165) is 25.7 Å². The summed E-state index contributed by atoms with van der Waals surface area (Å²) in [5.74, 6) is -0.702. The smallest absolute Gasteiger partial charge is 0.329 e. The number of nitrogens with one attached hydrogen (secondary N) is 2. The van der Waals surface area contributed by atoms with Crippen LogP contribution in [0.4, 0.5) is 0 Å². The normalized spacial score (nSPS) is 15.5. The van der Waals surface area contributed by atoms with Gasteiger partial charge in [0.25, 0.3) is 11.8 Å². The number of thioether (sulfide) groups is 1. The number of carbonyl (C=O) groups excluding carboxylic acids is 3. The van der Waals surface area contributed by atoms with Gasteiger partial charge in [-0.25, -0.2) is 4.79 Å². The lowest BCUT2D eigenvalue weighted by molar-refractivity contribution is -0.150. The molecule has 1 saturated carbocycles. The Morgan fingerprint density at radius 3 is 2.61 bits per heavy atom. The minimum Gasteiger partial charge on any atom is -0.454 e. The topological polar surface area (TPSA) is 84.5 Å². The van der Waals surface area contributed by atoms with Crippen molar-refractivity contribution >= 4 is 41.1 Å². The molecule has 2 amide bonds. The molecule has 0 spiro atoms. The van der Waals surface area contributed by atoms with E-state index in [4.69, 9.17) is 16.3 Å². The summed E-state index contributed by atoms with van der Waals surface area (Å²) in [6.07, 6.45) is 7.65. The van der Waals surface area contributed by atoms with Crippen LogP contribution in [0.1, 0.15) is 48.9 Å². The molecule has 0 unspecified atom stereocenters. The number of hydrogen-bond donors (Lipinski definition) is 2. The van der Waals surface area contributed by atoms with Crippen LogP contribution in [0.3, 0.4) is 0 Å². The fourth-order valence-corrected chi connectivity index (χ4v) is 3.81. The number of benzene rings is 1. The lowest BCUT2D eigenvalue weighted by Crippen LogP contribution is -2.44. The molecular formula is C20H27ClN2O4S. The van der Waals surface area contributed by atoms with E-state index in [0.29, 0.717) is 22.8 Å². The third-order valence-electron chi connectivity index (χ3n) is 4.63. The number of ether oxygens (including phenoxy) is 1. The number of rotatable bonds is 9. The van der Waals surface area contributed by atoms with Crippen molar-refractivity contribution in [1.29, 1.82) is 0 Å². The minimum atomic E-state index is -0.835. The van der Waals surface area contributed by atoms with E-state index in [-0.39, 0.29) is 18.6 Å². The maximum absolute atomic E-state index is 12.5. The van der Waals surface area contributed by atoms with Crippen LogP contribution >= 0.6 is 23.4 Å². The van der Waals surface area contributed by atoms with E-state index >= 15 is 0 Å². The average Bonchev–Trinajstić information content (AvgIpc) is 2.70. The van der Waals surface area contributed by atoms with Gasteiger partial charge in [0.15, 0.2) is 6.61 Å². The molecule has 8 heteroatoms. The second-order valence-corrected chi connectivity index (χ2v) is 8.19. The second kappa shape index (κ2) is 12.0. The van der Waals surface area contributed by atoms with Gasteiger partial charge >= 0.3 is 5.97 Å². The average molecular weight is 427 g/mol. The van der Waals surface area contributed by atoms with Crippen LogP contribution in [0.15, 0.2) is 24.3 Å². The first kappa shape index (κ1) is 22.6. The van der Waals surface area contributed by atoms with E-state index in [1.165, 1.54) is 6.42 Å². The van der Waals surface area contributed by atoms with Gasteiger partial charge in [0.05, 0.1) is 10.6 Å². The summed E-state index contributed by atoms with van der Waals surface area (Å²) in [6.45, 7) is -0.340. The van der Waals surface area contributed by atoms with Crippen molar-refractivity contribution in [2.75, 3.05) is 18.6 Å². The molecule has 2 N–H and O–H groups in total. The number of esters is 1. The summed E-state index contributed by atoms with van der Waals surface area (Å²) in [4.78, 5) is 36.9. The van der Waals surface area contributed by atoms with Crippen LogP contribution < -0.4 is 10.6 Å². The molecule has 154 valence electrons. The largest absolute Gasteiger partial charge is 0.454 e. The second-order valence-electron chi connectivity index (χ2n) is 6.80. The Balaban J connectivity index is 1.88. The number of carbonyl (C=O) groups is 3. The summed E-state index contributed by atoms with van der Waals surface area (Å²) < 4.78 is 5.16. The fraction of sp³-hybridized carbons (Fsp3) is 0.550. The Morgan fingerprint density at radius 1 is 1.21 bits per heavy atom. The molecule has 1 aromatic carbocycles. The van der Waals surface area contributed by atoms with E-state index in [9.17, 15) is 14.4 Å². The quantitative estimate of drug-likeness (QED) is 0.592. The molecule has 28 heavy (non-hydrogen) atoms. The summed E-state index contributed by atoms with van der Waals surface area (Å²) in [6, 6.07) is 5.95. The molecule has 0 saturated heterocycles. The molecule has 1 fully saturated rings. The zero-order valence-electron chi connectivity index (χ0n) is 16.0. The van der Waals surface area contributed by atoms with Crippen LogP contribution in [0.2, 0.25) is 5.02 Å². The monoisotopic (exact) mass is 426 g/mol. The van der Waals surface area contributed by atoms with Crippen molar-refractivity contribution in [2.24, 2.45) is 0 Å². The van der Waals surface area contributed by atoms with Crippen molar-refractivity contribution < 1.29 is 19.1 Å². The first-order valence-corrected chi connectivity index (χ1v) is 11.3. The van der Waals surface area contributed by atoms with Gasteiger partial charge < -0.3 is 15.4 Å². The molecule has 1 aliphatic carbocycles. The van der Waals surface area contributed by atoms with Gasteiger partial charge in [-0.2, -0.15) is 11.8 Å². The van der Waals surface area contributed by atoms with Crippen LogP contribution in [0, 0.1) is 0 Å². The van der Waals surface area contributed by atoms with Crippen LogP contribution in [-0.2, 0) is 14.3 Å². The molecule has 1 atom stereocenters. The Labute approximate surface area is 175 Å². The van der Waals surface area contributed by atoms with Crippen molar-refractivity contribution in [3.8, 4) is 0 Å². The predicted molar refractivity (Wildman–Crippen MR) is 112 cm³/mol. The highest BCUT2D eigenvalue weighted by Gasteiger charge is 2.24. The highest BCUT2D eigenvalue weighted by molar-refractivity contribution is 7.98. The Kier molecular flexibility index (Phi) is 9.64. The molecule has 2 rings (SSSR count). The Bertz CT molecular complexity index is 680. The highest BCUT2D eigenvalue weighted by atomic mass is 35.5. The third kappa shape index (κ3) is 7.36. The van der Waals surface area contributed by atoms with E-state index in [1.807, 2.05) is 6.26 Å². The lowest BCUT2D eigenvalue weighted by Gasteiger charge is -2.23. The summed E-state index contributed by atoms with van der Waals surface area (Å²) in [5.41, 5.74) is 0.293. The SMILES string of the molecule is CSCC[C@H](NC(=O)c1ccccc1Cl)C(=O)OCC(=O)NC1CCCCC1. The van der Waals surface area contributed by atoms with Crippen molar-refractivity contribution in [2.45, 2.75) is 50.6 Å². The molecule has 0 aromatic heterocycles. The maximum Gasteiger partial charge on any atom is 0.329 e. The van der Waals surface area contributed by atoms with Gasteiger partial charge in [0.1, 0.15) is 6.04 Å². The third-order valence-corrected chi connectivity index (χ3v) is 5.61. The lowest BCUT2D eigenvalue weighted by atomic mass is 9.95. The Hall–Kier alpha value is -1.73. The van der Waals surface area contributed by atoms with Gasteiger partial charge in [-0.1, -0.05) is 43.0 Å². The summed E-state index contributed by atoms with van der Waals surface area (Å²) in [7, 11) is 0. The van der Waals surface area contributed by atoms with Crippen molar-refractivity contribution in [1.82, 2.24) is 10.6 Å². The summed E-state index contributed by atoms with van der Waals surface area (Å²) in [5, 5.41) is 5.89. The summed E-state index contributed by atoms with van der Waals surface area (Å²) >= 11 is 7.60. The molecule has 6 nitrogen and oxygen atoms in total. The standard InChI is InChI=1S/C20H27ClN2O4S/c1-28-12-11-17(23-19(25)15-9-5-6-10-16(15)21)20(26)27-13-18(24)22-14-7-3-2-4-8-14/h5-6,9-10,14,17H,2-4,7-8,11-13H2,1H3,(H,22,24)(H,23,25)/t17-/m0/s1. The van der Waals surface area contributed by atoms with Gasteiger partial charge in [-0.15, -0.1) is 0 Å². The van der Waals surface area contributed by atoms with Gasteiger partial charge in [0, 0.05) is 6.04 Å². The first-order valence-electron chi connectivity index (χ1n) is 9.51. The van der Waals surface area contributed by atoms with Crippen molar-refractivity contribution in [3.63, 3.8) is 0 Å². The number of amides is 2. The van der Waals surface area contributed by atoms with Gasteiger partial charge in [-0.05, 0) is 43.4 Å². The zero-order chi connectivity index (χ0) is 20.4. The number of hydrogen-bond acceptors (Lipinski definition) is 5. The molecule has 1 aliphatic rings. The van der Waals surface area contributed by atoms with E-state index in [1.54, 1.807) is 36.0 Å². The zero-order valence-corrected chi connectivity index (χ0v) is 17.6. The van der Waals surface area contributed by atoms with Crippen molar-refractivity contribution in [3.05, 3.63) is 34.9 Å². The van der Waals surface area contributed by atoms with E-state index < -0.39 is 17.9 Å². The molecule has 0 aliphatic heterocycles. The Morgan fingerprint density at radius 2 is 1.93 bits per heavy atom. The van der Waals surface area contributed by atoms with Crippen LogP contribution in [-0.4, -0.2) is 48.5 Å². The number of halogens is 1. The first-order chi connectivity index (χ1) is 13.5. The fourth-order valence-electron chi connectivity index (χ4n) is 3.12. The minimum absolute atomic E-state index is 0.159. The molecule has 1 aromatic rings. The molecule has 0 radical (unpaired) electrons. The highest BCUT2D eigenvalue weighted by Crippen LogP contribution is 2.17. The van der Waals surface area contributed by atoms with E-state index in [2.05, 4.69) is 10.6 Å². The molecular weight excluding hydrogens is 400 g/mol. The molecule has 0 heterocycles.